The molecule has 2 aliphatic rings. The molecule has 1 heterocycles. The Morgan fingerprint density at radius 2 is 1.57 bits per heavy atom. The highest BCUT2D eigenvalue weighted by molar-refractivity contribution is 6.04. The van der Waals surface area contributed by atoms with Gasteiger partial charge in [-0.2, -0.15) is 0 Å². The van der Waals surface area contributed by atoms with Crippen molar-refractivity contribution >= 4 is 11.8 Å². The first-order chi connectivity index (χ1) is 19.5. The van der Waals surface area contributed by atoms with Crippen molar-refractivity contribution < 1.29 is 23.8 Å². The molecule has 0 saturated carbocycles. The van der Waals surface area contributed by atoms with E-state index >= 15 is 0 Å². The Kier molecular flexibility index (Phi) is 8.34. The fraction of sp³-hybridized carbons (Fsp3) is 0.294. The van der Waals surface area contributed by atoms with E-state index in [4.69, 9.17) is 14.2 Å². The minimum absolute atomic E-state index is 0.0456. The van der Waals surface area contributed by atoms with Gasteiger partial charge in [0.25, 0.3) is 0 Å². The largest absolute Gasteiger partial charge is 0.497 e. The average molecular weight is 538 g/mol. The number of rotatable bonds is 9. The molecule has 0 aromatic heterocycles. The molecule has 0 unspecified atom stereocenters. The SMILES string of the molecule is CCc1ccc([C@@H]2C(C(=O)OCCOc3ccccc3)=C(C)NC3=C2C(=O)C[C@H](c2ccc(OC)cc2)C3)cc1. The lowest BCUT2D eigenvalue weighted by atomic mass is 9.71. The minimum Gasteiger partial charge on any atom is -0.497 e. The quantitative estimate of drug-likeness (QED) is 0.257. The van der Waals surface area contributed by atoms with E-state index in [9.17, 15) is 9.59 Å². The van der Waals surface area contributed by atoms with Crippen molar-refractivity contribution in [3.8, 4) is 11.5 Å². The molecule has 3 aromatic rings. The van der Waals surface area contributed by atoms with Crippen molar-refractivity contribution in [2.24, 2.45) is 0 Å². The van der Waals surface area contributed by atoms with Crippen LogP contribution in [0, 0.1) is 0 Å². The maximum absolute atomic E-state index is 13.8. The molecule has 1 aliphatic carbocycles. The lowest BCUT2D eigenvalue weighted by Gasteiger charge is -2.36. The first-order valence-corrected chi connectivity index (χ1v) is 13.8. The molecule has 40 heavy (non-hydrogen) atoms. The normalized spacial score (nSPS) is 18.6. The van der Waals surface area contributed by atoms with Gasteiger partial charge in [0.1, 0.15) is 24.7 Å². The summed E-state index contributed by atoms with van der Waals surface area (Å²) in [6.07, 6.45) is 1.97. The summed E-state index contributed by atoms with van der Waals surface area (Å²) < 4.78 is 16.7. The number of esters is 1. The molecular formula is C34H35NO5. The van der Waals surface area contributed by atoms with Crippen molar-refractivity contribution in [1.29, 1.82) is 0 Å². The number of hydrogen-bond donors (Lipinski definition) is 1. The number of Topliss-reactive ketones (excluding diaryl/α,β-unsaturated/α-hetero) is 1. The topological polar surface area (TPSA) is 73.9 Å². The van der Waals surface area contributed by atoms with Gasteiger partial charge in [0.15, 0.2) is 5.78 Å². The van der Waals surface area contributed by atoms with Gasteiger partial charge >= 0.3 is 5.97 Å². The van der Waals surface area contributed by atoms with Gasteiger partial charge in [-0.15, -0.1) is 0 Å². The fourth-order valence-electron chi connectivity index (χ4n) is 5.59. The first-order valence-electron chi connectivity index (χ1n) is 13.8. The highest BCUT2D eigenvalue weighted by Crippen LogP contribution is 2.45. The zero-order valence-electron chi connectivity index (χ0n) is 23.2. The Labute approximate surface area is 235 Å². The molecule has 1 N–H and O–H groups in total. The third-order valence-corrected chi connectivity index (χ3v) is 7.68. The number of allylic oxidation sites excluding steroid dienone is 3. The third-order valence-electron chi connectivity index (χ3n) is 7.68. The number of aryl methyl sites for hydroxylation is 1. The summed E-state index contributed by atoms with van der Waals surface area (Å²) in [6, 6.07) is 25.5. The zero-order chi connectivity index (χ0) is 28.1. The summed E-state index contributed by atoms with van der Waals surface area (Å²) in [5.41, 5.74) is 5.92. The maximum Gasteiger partial charge on any atom is 0.336 e. The van der Waals surface area contributed by atoms with E-state index in [1.165, 1.54) is 5.56 Å². The van der Waals surface area contributed by atoms with Gasteiger partial charge in [0, 0.05) is 29.3 Å². The van der Waals surface area contributed by atoms with Gasteiger partial charge in [-0.05, 0) is 66.6 Å². The molecule has 0 radical (unpaired) electrons. The number of ketones is 1. The number of ether oxygens (including phenoxy) is 3. The van der Waals surface area contributed by atoms with Gasteiger partial charge in [-0.3, -0.25) is 4.79 Å². The number of hydrogen-bond acceptors (Lipinski definition) is 6. The fourth-order valence-corrected chi connectivity index (χ4v) is 5.59. The summed E-state index contributed by atoms with van der Waals surface area (Å²) in [5, 5.41) is 3.42. The Hall–Kier alpha value is -4.32. The molecule has 5 rings (SSSR count). The molecule has 0 saturated heterocycles. The second-order valence-corrected chi connectivity index (χ2v) is 10.2. The molecule has 0 amide bonds. The zero-order valence-corrected chi connectivity index (χ0v) is 23.2. The molecule has 0 spiro atoms. The predicted molar refractivity (Wildman–Crippen MR) is 154 cm³/mol. The Balaban J connectivity index is 1.41. The van der Waals surface area contributed by atoms with Crippen LogP contribution < -0.4 is 14.8 Å². The maximum atomic E-state index is 13.8. The van der Waals surface area contributed by atoms with Crippen LogP contribution in [0.3, 0.4) is 0 Å². The summed E-state index contributed by atoms with van der Waals surface area (Å²) in [7, 11) is 1.64. The standard InChI is InChI=1S/C34H35NO5/c1-4-23-10-12-25(13-11-23)32-31(34(37)40-19-18-39-28-8-6-5-7-9-28)22(2)35-29-20-26(21-30(36)33(29)32)24-14-16-27(38-3)17-15-24/h5-17,26,32,35H,4,18-21H2,1-3H3/t26-,32-/m1/s1. The van der Waals surface area contributed by atoms with E-state index < -0.39 is 11.9 Å². The number of carbonyl (C=O) groups is 2. The van der Waals surface area contributed by atoms with Gasteiger partial charge in [0.05, 0.1) is 12.7 Å². The van der Waals surface area contributed by atoms with Crippen molar-refractivity contribution in [2.45, 2.75) is 44.9 Å². The number of methoxy groups -OCH3 is 1. The lowest BCUT2D eigenvalue weighted by molar-refractivity contribution is -0.140. The Morgan fingerprint density at radius 1 is 0.875 bits per heavy atom. The van der Waals surface area contributed by atoms with Crippen molar-refractivity contribution in [3.05, 3.63) is 118 Å². The van der Waals surface area contributed by atoms with Crippen LogP contribution in [0.4, 0.5) is 0 Å². The second-order valence-electron chi connectivity index (χ2n) is 10.2. The first kappa shape index (κ1) is 27.3. The number of dihydropyridines is 1. The summed E-state index contributed by atoms with van der Waals surface area (Å²) in [4.78, 5) is 27.3. The molecular weight excluding hydrogens is 502 g/mol. The lowest BCUT2D eigenvalue weighted by Crippen LogP contribution is -2.36. The predicted octanol–water partition coefficient (Wildman–Crippen LogP) is 6.24. The van der Waals surface area contributed by atoms with E-state index in [2.05, 4.69) is 24.4 Å². The minimum atomic E-state index is -0.492. The van der Waals surface area contributed by atoms with Gasteiger partial charge < -0.3 is 19.5 Å². The Bertz CT molecular complexity index is 1420. The Morgan fingerprint density at radius 3 is 2.25 bits per heavy atom. The van der Waals surface area contributed by atoms with Crippen LogP contribution in [0.15, 0.2) is 101 Å². The van der Waals surface area contributed by atoms with E-state index in [-0.39, 0.29) is 24.9 Å². The molecule has 6 heteroatoms. The van der Waals surface area contributed by atoms with Crippen LogP contribution in [0.1, 0.15) is 55.2 Å². The molecule has 6 nitrogen and oxygen atoms in total. The highest BCUT2D eigenvalue weighted by atomic mass is 16.6. The van der Waals surface area contributed by atoms with Crippen LogP contribution in [0.25, 0.3) is 0 Å². The third kappa shape index (κ3) is 5.81. The van der Waals surface area contributed by atoms with E-state index in [1.807, 2.05) is 73.7 Å². The number of para-hydroxylation sites is 1. The molecule has 0 bridgehead atoms. The monoisotopic (exact) mass is 537 g/mol. The van der Waals surface area contributed by atoms with Gasteiger partial charge in [-0.1, -0.05) is 61.5 Å². The smallest absolute Gasteiger partial charge is 0.336 e. The van der Waals surface area contributed by atoms with Crippen LogP contribution in [0.2, 0.25) is 0 Å². The molecule has 2 atom stereocenters. The highest BCUT2D eigenvalue weighted by Gasteiger charge is 2.41. The average Bonchev–Trinajstić information content (AvgIpc) is 2.99. The van der Waals surface area contributed by atoms with Crippen molar-refractivity contribution in [3.63, 3.8) is 0 Å². The summed E-state index contributed by atoms with van der Waals surface area (Å²) in [5.74, 6) is 0.662. The van der Waals surface area contributed by atoms with Crippen molar-refractivity contribution in [2.75, 3.05) is 20.3 Å². The van der Waals surface area contributed by atoms with Crippen molar-refractivity contribution in [1.82, 2.24) is 5.32 Å². The van der Waals surface area contributed by atoms with Crippen LogP contribution in [-0.4, -0.2) is 32.1 Å². The van der Waals surface area contributed by atoms with Crippen LogP contribution >= 0.6 is 0 Å². The molecule has 3 aromatic carbocycles. The summed E-state index contributed by atoms with van der Waals surface area (Å²) in [6.45, 7) is 4.33. The van der Waals surface area contributed by atoms with Gasteiger partial charge in [-0.25, -0.2) is 4.79 Å². The molecule has 206 valence electrons. The van der Waals surface area contributed by atoms with E-state index in [0.29, 0.717) is 29.7 Å². The van der Waals surface area contributed by atoms with Gasteiger partial charge in [0.2, 0.25) is 0 Å². The van der Waals surface area contributed by atoms with Crippen LogP contribution in [0.5, 0.6) is 11.5 Å². The number of nitrogens with one attached hydrogen (secondary N) is 1. The molecule has 1 aliphatic heterocycles. The number of carbonyl (C=O) groups excluding carboxylic acids is 2. The van der Waals surface area contributed by atoms with Crippen LogP contribution in [-0.2, 0) is 20.7 Å². The summed E-state index contributed by atoms with van der Waals surface area (Å²) >= 11 is 0. The van der Waals surface area contributed by atoms with E-state index in [0.717, 1.165) is 34.7 Å². The van der Waals surface area contributed by atoms with E-state index in [1.54, 1.807) is 7.11 Å². The number of benzene rings is 3. The second kappa shape index (κ2) is 12.2. The molecule has 0 fully saturated rings.